The van der Waals surface area contributed by atoms with Gasteiger partial charge in [0.15, 0.2) is 0 Å². The molecule has 0 radical (unpaired) electrons. The van der Waals surface area contributed by atoms with Gasteiger partial charge >= 0.3 is 0 Å². The van der Waals surface area contributed by atoms with E-state index in [9.17, 15) is 9.59 Å². The molecule has 1 heterocycles. The molecule has 1 aromatic carbocycles. The van der Waals surface area contributed by atoms with Crippen LogP contribution in [-0.4, -0.2) is 62.5 Å². The lowest BCUT2D eigenvalue weighted by molar-refractivity contribution is -0.134. The first-order valence-corrected chi connectivity index (χ1v) is 7.28. The van der Waals surface area contributed by atoms with Crippen molar-refractivity contribution in [3.63, 3.8) is 0 Å². The maximum Gasteiger partial charge on any atom is 0.227 e. The Bertz CT molecular complexity index is 551. The van der Waals surface area contributed by atoms with Crippen molar-refractivity contribution in [3.8, 4) is 11.5 Å². The standard InChI is InChI=1S/C16H22N2O4/c1-12-14(21-2)5-4-13(16(12)22-3)10-15(20)18-8-6-17(11-19)7-9-18/h4-5,11H,6-10H2,1-3H3. The van der Waals surface area contributed by atoms with Crippen LogP contribution in [0.5, 0.6) is 11.5 Å². The Hall–Kier alpha value is -2.24. The van der Waals surface area contributed by atoms with E-state index in [2.05, 4.69) is 0 Å². The zero-order valence-electron chi connectivity index (χ0n) is 13.3. The molecule has 2 rings (SSSR count). The summed E-state index contributed by atoms with van der Waals surface area (Å²) < 4.78 is 10.7. The maximum absolute atomic E-state index is 12.4. The van der Waals surface area contributed by atoms with E-state index in [1.807, 2.05) is 19.1 Å². The Balaban J connectivity index is 2.09. The monoisotopic (exact) mass is 306 g/mol. The Labute approximate surface area is 130 Å². The number of hydrogen-bond acceptors (Lipinski definition) is 4. The lowest BCUT2D eigenvalue weighted by Gasteiger charge is -2.32. The third-order valence-electron chi connectivity index (χ3n) is 4.02. The lowest BCUT2D eigenvalue weighted by Crippen LogP contribution is -2.48. The predicted molar refractivity (Wildman–Crippen MR) is 82.2 cm³/mol. The summed E-state index contributed by atoms with van der Waals surface area (Å²) >= 11 is 0. The molecule has 1 aromatic rings. The minimum Gasteiger partial charge on any atom is -0.496 e. The van der Waals surface area contributed by atoms with Crippen LogP contribution < -0.4 is 9.47 Å². The summed E-state index contributed by atoms with van der Waals surface area (Å²) in [4.78, 5) is 26.6. The highest BCUT2D eigenvalue weighted by Gasteiger charge is 2.22. The second-order valence-electron chi connectivity index (χ2n) is 5.28. The second kappa shape index (κ2) is 7.15. The number of rotatable bonds is 5. The van der Waals surface area contributed by atoms with Crippen molar-refractivity contribution < 1.29 is 19.1 Å². The quantitative estimate of drug-likeness (QED) is 0.757. The van der Waals surface area contributed by atoms with Crippen LogP contribution in [0, 0.1) is 6.92 Å². The normalized spacial score (nSPS) is 14.7. The number of methoxy groups -OCH3 is 2. The highest BCUT2D eigenvalue weighted by molar-refractivity contribution is 5.80. The van der Waals surface area contributed by atoms with Gasteiger partial charge in [-0.1, -0.05) is 6.07 Å². The third-order valence-corrected chi connectivity index (χ3v) is 4.02. The van der Waals surface area contributed by atoms with Crippen LogP contribution in [0.15, 0.2) is 12.1 Å². The fourth-order valence-corrected chi connectivity index (χ4v) is 2.73. The number of carbonyl (C=O) groups is 2. The van der Waals surface area contributed by atoms with Gasteiger partial charge in [-0.3, -0.25) is 9.59 Å². The first-order chi connectivity index (χ1) is 10.6. The Morgan fingerprint density at radius 3 is 2.41 bits per heavy atom. The average Bonchev–Trinajstić information content (AvgIpc) is 2.55. The van der Waals surface area contributed by atoms with Crippen molar-refractivity contribution in [3.05, 3.63) is 23.3 Å². The van der Waals surface area contributed by atoms with Crippen LogP contribution in [0.1, 0.15) is 11.1 Å². The van der Waals surface area contributed by atoms with Gasteiger partial charge in [0.1, 0.15) is 11.5 Å². The molecule has 0 aromatic heterocycles. The van der Waals surface area contributed by atoms with Crippen LogP contribution in [-0.2, 0) is 16.0 Å². The number of piperazine rings is 1. The predicted octanol–water partition coefficient (Wildman–Crippen LogP) is 0.855. The Kier molecular flexibility index (Phi) is 5.25. The number of hydrogen-bond donors (Lipinski definition) is 0. The zero-order chi connectivity index (χ0) is 16.1. The summed E-state index contributed by atoms with van der Waals surface area (Å²) in [5, 5.41) is 0. The number of nitrogens with zero attached hydrogens (tertiary/aromatic N) is 2. The molecule has 6 heteroatoms. The van der Waals surface area contributed by atoms with Crippen LogP contribution >= 0.6 is 0 Å². The van der Waals surface area contributed by atoms with Crippen LogP contribution in [0.25, 0.3) is 0 Å². The number of ether oxygens (including phenoxy) is 2. The van der Waals surface area contributed by atoms with E-state index in [0.29, 0.717) is 31.9 Å². The van der Waals surface area contributed by atoms with Crippen molar-refractivity contribution in [2.75, 3.05) is 40.4 Å². The van der Waals surface area contributed by atoms with Crippen molar-refractivity contribution >= 4 is 12.3 Å². The molecular formula is C16H22N2O4. The Morgan fingerprint density at radius 1 is 1.18 bits per heavy atom. The van der Waals surface area contributed by atoms with Gasteiger partial charge in [0.25, 0.3) is 0 Å². The molecule has 0 saturated carbocycles. The van der Waals surface area contributed by atoms with Gasteiger partial charge in [0, 0.05) is 37.3 Å². The van der Waals surface area contributed by atoms with Crippen LogP contribution in [0.3, 0.4) is 0 Å². The van der Waals surface area contributed by atoms with E-state index in [0.717, 1.165) is 23.3 Å². The molecule has 1 fully saturated rings. The molecule has 22 heavy (non-hydrogen) atoms. The molecule has 0 bridgehead atoms. The van der Waals surface area contributed by atoms with E-state index >= 15 is 0 Å². The summed E-state index contributed by atoms with van der Waals surface area (Å²) in [6.07, 6.45) is 1.12. The molecule has 0 spiro atoms. The molecule has 6 nitrogen and oxygen atoms in total. The highest BCUT2D eigenvalue weighted by Crippen LogP contribution is 2.31. The molecule has 0 aliphatic carbocycles. The maximum atomic E-state index is 12.4. The molecular weight excluding hydrogens is 284 g/mol. The van der Waals surface area contributed by atoms with Gasteiger partial charge in [-0.15, -0.1) is 0 Å². The SMILES string of the molecule is COc1ccc(CC(=O)N2CCN(C=O)CC2)c(OC)c1C. The summed E-state index contributed by atoms with van der Waals surface area (Å²) in [6.45, 7) is 4.25. The second-order valence-corrected chi connectivity index (χ2v) is 5.28. The van der Waals surface area contributed by atoms with Gasteiger partial charge in [-0.25, -0.2) is 0 Å². The largest absolute Gasteiger partial charge is 0.496 e. The lowest BCUT2D eigenvalue weighted by atomic mass is 10.0. The average molecular weight is 306 g/mol. The third kappa shape index (κ3) is 3.32. The first-order valence-electron chi connectivity index (χ1n) is 7.28. The van der Waals surface area contributed by atoms with E-state index in [1.165, 1.54) is 0 Å². The molecule has 1 saturated heterocycles. The fraction of sp³-hybridized carbons (Fsp3) is 0.500. The molecule has 0 unspecified atom stereocenters. The molecule has 0 atom stereocenters. The number of benzene rings is 1. The van der Waals surface area contributed by atoms with E-state index in [1.54, 1.807) is 24.0 Å². The summed E-state index contributed by atoms with van der Waals surface area (Å²) in [7, 11) is 3.21. The van der Waals surface area contributed by atoms with Crippen molar-refractivity contribution in [2.45, 2.75) is 13.3 Å². The summed E-state index contributed by atoms with van der Waals surface area (Å²) in [6, 6.07) is 3.72. The topological polar surface area (TPSA) is 59.1 Å². The van der Waals surface area contributed by atoms with E-state index < -0.39 is 0 Å². The summed E-state index contributed by atoms with van der Waals surface area (Å²) in [5.41, 5.74) is 1.74. The van der Waals surface area contributed by atoms with Gasteiger partial charge in [0.2, 0.25) is 12.3 Å². The van der Waals surface area contributed by atoms with Gasteiger partial charge in [0.05, 0.1) is 20.6 Å². The van der Waals surface area contributed by atoms with Crippen molar-refractivity contribution in [1.29, 1.82) is 0 Å². The van der Waals surface area contributed by atoms with Crippen LogP contribution in [0.2, 0.25) is 0 Å². The molecule has 2 amide bonds. The van der Waals surface area contributed by atoms with Crippen molar-refractivity contribution in [1.82, 2.24) is 9.80 Å². The first kappa shape index (κ1) is 16.1. The van der Waals surface area contributed by atoms with Gasteiger partial charge < -0.3 is 19.3 Å². The number of carbonyl (C=O) groups excluding carboxylic acids is 2. The minimum atomic E-state index is 0.0495. The highest BCUT2D eigenvalue weighted by atomic mass is 16.5. The molecule has 0 N–H and O–H groups in total. The van der Waals surface area contributed by atoms with Gasteiger partial charge in [-0.05, 0) is 13.0 Å². The molecule has 120 valence electrons. The van der Waals surface area contributed by atoms with Crippen LogP contribution in [0.4, 0.5) is 0 Å². The zero-order valence-corrected chi connectivity index (χ0v) is 13.3. The minimum absolute atomic E-state index is 0.0495. The molecule has 1 aliphatic heterocycles. The summed E-state index contributed by atoms with van der Waals surface area (Å²) in [5.74, 6) is 1.49. The van der Waals surface area contributed by atoms with E-state index in [4.69, 9.17) is 9.47 Å². The Morgan fingerprint density at radius 2 is 1.86 bits per heavy atom. The van der Waals surface area contributed by atoms with Crippen molar-refractivity contribution in [2.24, 2.45) is 0 Å². The molecule has 1 aliphatic rings. The van der Waals surface area contributed by atoms with E-state index in [-0.39, 0.29) is 12.3 Å². The fourth-order valence-electron chi connectivity index (χ4n) is 2.73. The number of amides is 2. The smallest absolute Gasteiger partial charge is 0.227 e. The van der Waals surface area contributed by atoms with Gasteiger partial charge in [-0.2, -0.15) is 0 Å².